The topological polar surface area (TPSA) is 16.4 Å². The molecule has 1 aromatic heterocycles. The van der Waals surface area contributed by atoms with E-state index in [1.54, 1.807) is 0 Å². The molecule has 0 atom stereocenters. The SMILES string of the molecule is c1ccc(N(c2ccc(-c3cccc4ccccc34)cc2)c2ccc(-c3cc4ccccc4c4oc5ccccc5c34)cc2)cc1. The lowest BCUT2D eigenvalue weighted by molar-refractivity contribution is 0.673. The van der Waals surface area contributed by atoms with Crippen molar-refractivity contribution in [2.24, 2.45) is 0 Å². The lowest BCUT2D eigenvalue weighted by atomic mass is 9.95. The summed E-state index contributed by atoms with van der Waals surface area (Å²) in [6.45, 7) is 0. The fraction of sp³-hybridized carbons (Fsp3) is 0. The Kier molecular flexibility index (Phi) is 6.17. The van der Waals surface area contributed by atoms with Gasteiger partial charge in [0.05, 0.1) is 0 Å². The van der Waals surface area contributed by atoms with E-state index in [4.69, 9.17) is 4.42 Å². The third-order valence-electron chi connectivity index (χ3n) is 9.05. The zero-order chi connectivity index (χ0) is 30.5. The van der Waals surface area contributed by atoms with Crippen LogP contribution >= 0.6 is 0 Å². The first-order valence-corrected chi connectivity index (χ1v) is 15.7. The van der Waals surface area contributed by atoms with E-state index in [9.17, 15) is 0 Å². The molecule has 0 aliphatic rings. The molecule has 0 saturated carbocycles. The zero-order valence-electron chi connectivity index (χ0n) is 25.1. The van der Waals surface area contributed by atoms with E-state index in [2.05, 4.69) is 175 Å². The number of hydrogen-bond donors (Lipinski definition) is 0. The minimum absolute atomic E-state index is 0.911. The van der Waals surface area contributed by atoms with Gasteiger partial charge >= 0.3 is 0 Å². The smallest absolute Gasteiger partial charge is 0.143 e. The number of hydrogen-bond acceptors (Lipinski definition) is 2. The van der Waals surface area contributed by atoms with Crippen molar-refractivity contribution in [2.45, 2.75) is 0 Å². The van der Waals surface area contributed by atoms with E-state index < -0.39 is 0 Å². The van der Waals surface area contributed by atoms with Crippen LogP contribution in [0.15, 0.2) is 180 Å². The Bertz CT molecular complexity index is 2500. The van der Waals surface area contributed by atoms with Crippen LogP contribution in [-0.4, -0.2) is 0 Å². The van der Waals surface area contributed by atoms with Crippen LogP contribution < -0.4 is 4.90 Å². The van der Waals surface area contributed by atoms with Gasteiger partial charge in [0, 0.05) is 33.2 Å². The normalized spacial score (nSPS) is 11.5. The Labute approximate surface area is 267 Å². The Morgan fingerprint density at radius 1 is 0.370 bits per heavy atom. The van der Waals surface area contributed by atoms with Gasteiger partial charge in [0.1, 0.15) is 11.2 Å². The summed E-state index contributed by atoms with van der Waals surface area (Å²) in [6.07, 6.45) is 0. The van der Waals surface area contributed by atoms with Gasteiger partial charge in [-0.25, -0.2) is 0 Å². The second-order valence-electron chi connectivity index (χ2n) is 11.7. The molecule has 8 aromatic carbocycles. The minimum atomic E-state index is 0.911. The van der Waals surface area contributed by atoms with Crippen LogP contribution in [-0.2, 0) is 0 Å². The summed E-state index contributed by atoms with van der Waals surface area (Å²) in [5.41, 5.74) is 9.96. The lowest BCUT2D eigenvalue weighted by Crippen LogP contribution is -2.09. The van der Waals surface area contributed by atoms with Gasteiger partial charge in [0.25, 0.3) is 0 Å². The molecule has 2 heteroatoms. The maximum Gasteiger partial charge on any atom is 0.143 e. The average molecular weight is 588 g/mol. The van der Waals surface area contributed by atoms with E-state index in [-0.39, 0.29) is 0 Å². The first-order chi connectivity index (χ1) is 22.8. The molecule has 1 heterocycles. The predicted octanol–water partition coefficient (Wildman–Crippen LogP) is 12.7. The summed E-state index contributed by atoms with van der Waals surface area (Å²) >= 11 is 0. The van der Waals surface area contributed by atoms with Crippen LogP contribution in [0.25, 0.3) is 65.7 Å². The highest BCUT2D eigenvalue weighted by molar-refractivity contribution is 6.21. The molecule has 0 aliphatic carbocycles. The van der Waals surface area contributed by atoms with Crippen molar-refractivity contribution in [1.82, 2.24) is 0 Å². The second-order valence-corrected chi connectivity index (χ2v) is 11.7. The molecular weight excluding hydrogens is 558 g/mol. The summed E-state index contributed by atoms with van der Waals surface area (Å²) < 4.78 is 6.46. The van der Waals surface area contributed by atoms with Crippen molar-refractivity contribution < 1.29 is 4.42 Å². The highest BCUT2D eigenvalue weighted by atomic mass is 16.3. The third-order valence-corrected chi connectivity index (χ3v) is 9.05. The average Bonchev–Trinajstić information content (AvgIpc) is 3.53. The molecule has 0 saturated heterocycles. The van der Waals surface area contributed by atoms with E-state index in [0.717, 1.165) is 50.0 Å². The number of rotatable bonds is 5. The summed E-state index contributed by atoms with van der Waals surface area (Å²) in [7, 11) is 0. The van der Waals surface area contributed by atoms with Gasteiger partial charge in [-0.05, 0) is 86.9 Å². The van der Waals surface area contributed by atoms with Gasteiger partial charge in [-0.2, -0.15) is 0 Å². The number of fused-ring (bicyclic) bond motifs is 6. The second kappa shape index (κ2) is 10.8. The number of benzene rings is 8. The monoisotopic (exact) mass is 587 g/mol. The molecule has 0 amide bonds. The number of anilines is 3. The fourth-order valence-electron chi connectivity index (χ4n) is 6.87. The molecule has 216 valence electrons. The Morgan fingerprint density at radius 2 is 0.913 bits per heavy atom. The molecule has 2 nitrogen and oxygen atoms in total. The molecule has 0 spiro atoms. The zero-order valence-corrected chi connectivity index (χ0v) is 25.1. The molecular formula is C44H29NO. The summed E-state index contributed by atoms with van der Waals surface area (Å²) in [5, 5.41) is 7.12. The van der Waals surface area contributed by atoms with Crippen molar-refractivity contribution in [1.29, 1.82) is 0 Å². The minimum Gasteiger partial charge on any atom is -0.455 e. The van der Waals surface area contributed by atoms with Crippen molar-refractivity contribution in [3.63, 3.8) is 0 Å². The van der Waals surface area contributed by atoms with Crippen molar-refractivity contribution in [2.75, 3.05) is 4.90 Å². The maximum atomic E-state index is 6.46. The van der Waals surface area contributed by atoms with Crippen LogP contribution in [0.2, 0.25) is 0 Å². The molecule has 0 unspecified atom stereocenters. The van der Waals surface area contributed by atoms with Crippen LogP contribution in [0.3, 0.4) is 0 Å². The van der Waals surface area contributed by atoms with E-state index in [0.29, 0.717) is 0 Å². The van der Waals surface area contributed by atoms with Crippen LogP contribution in [0.1, 0.15) is 0 Å². The lowest BCUT2D eigenvalue weighted by Gasteiger charge is -2.26. The van der Waals surface area contributed by atoms with Gasteiger partial charge in [-0.3, -0.25) is 0 Å². The van der Waals surface area contributed by atoms with Crippen LogP contribution in [0.5, 0.6) is 0 Å². The molecule has 46 heavy (non-hydrogen) atoms. The van der Waals surface area contributed by atoms with E-state index in [1.165, 1.54) is 32.8 Å². The Balaban J connectivity index is 1.15. The van der Waals surface area contributed by atoms with Gasteiger partial charge in [0.2, 0.25) is 0 Å². The molecule has 9 rings (SSSR count). The highest BCUT2D eigenvalue weighted by Crippen LogP contribution is 2.42. The van der Waals surface area contributed by atoms with Gasteiger partial charge < -0.3 is 9.32 Å². The number of para-hydroxylation sites is 2. The number of nitrogens with zero attached hydrogens (tertiary/aromatic N) is 1. The highest BCUT2D eigenvalue weighted by Gasteiger charge is 2.18. The molecule has 9 aromatic rings. The van der Waals surface area contributed by atoms with Crippen LogP contribution in [0.4, 0.5) is 17.1 Å². The van der Waals surface area contributed by atoms with E-state index in [1.807, 2.05) is 6.07 Å². The molecule has 0 N–H and O–H groups in total. The Morgan fingerprint density at radius 3 is 1.65 bits per heavy atom. The standard InChI is InChI=1S/C44H29NO/c1-2-14-34(15-3-1)45(35-25-21-31(22-26-35)38-19-10-13-30-11-4-6-16-37(30)38)36-27-23-32(24-28-36)41-29-33-12-5-7-17-39(33)44-43(41)40-18-8-9-20-42(40)46-44/h1-29H. The van der Waals surface area contributed by atoms with Gasteiger partial charge in [-0.1, -0.05) is 127 Å². The summed E-state index contributed by atoms with van der Waals surface area (Å²) in [4.78, 5) is 2.32. The first kappa shape index (κ1) is 26.3. The number of furan rings is 1. The van der Waals surface area contributed by atoms with E-state index >= 15 is 0 Å². The molecule has 0 radical (unpaired) electrons. The van der Waals surface area contributed by atoms with Crippen LogP contribution in [0, 0.1) is 0 Å². The molecule has 0 aliphatic heterocycles. The molecule has 0 bridgehead atoms. The maximum absolute atomic E-state index is 6.46. The molecule has 0 fully saturated rings. The fourth-order valence-corrected chi connectivity index (χ4v) is 6.87. The summed E-state index contributed by atoms with van der Waals surface area (Å²) in [6, 6.07) is 62.6. The summed E-state index contributed by atoms with van der Waals surface area (Å²) in [5.74, 6) is 0. The van der Waals surface area contributed by atoms with Gasteiger partial charge in [0.15, 0.2) is 0 Å². The van der Waals surface area contributed by atoms with Crippen molar-refractivity contribution in [3.05, 3.63) is 176 Å². The van der Waals surface area contributed by atoms with Crippen molar-refractivity contribution in [3.8, 4) is 22.3 Å². The quantitative estimate of drug-likeness (QED) is 0.199. The third kappa shape index (κ3) is 4.35. The van der Waals surface area contributed by atoms with Crippen molar-refractivity contribution >= 4 is 60.5 Å². The Hall–Kier alpha value is -6.12. The largest absolute Gasteiger partial charge is 0.455 e. The van der Waals surface area contributed by atoms with Gasteiger partial charge in [-0.15, -0.1) is 0 Å². The first-order valence-electron chi connectivity index (χ1n) is 15.7. The predicted molar refractivity (Wildman–Crippen MR) is 194 cm³/mol.